The molecule has 6 nitrogen and oxygen atoms in total. The average molecular weight is 207 g/mol. The van der Waals surface area contributed by atoms with E-state index in [1.165, 1.54) is 0 Å². The zero-order valence-electron chi connectivity index (χ0n) is 8.47. The van der Waals surface area contributed by atoms with Crippen molar-refractivity contribution in [3.8, 4) is 0 Å². The first-order chi connectivity index (χ1) is 7.20. The van der Waals surface area contributed by atoms with Gasteiger partial charge in [0, 0.05) is 12.7 Å². The largest absolute Gasteiger partial charge is 0.384 e. The topological polar surface area (TPSA) is 91.5 Å². The average Bonchev–Trinajstić information content (AvgIpc) is 2.54. The SMILES string of the molecule is COCCc1cc(N)nn2cc(N)nc12. The van der Waals surface area contributed by atoms with Crippen LogP contribution in [-0.2, 0) is 11.2 Å². The Bertz CT molecular complexity index is 479. The quantitative estimate of drug-likeness (QED) is 0.743. The molecular weight excluding hydrogens is 194 g/mol. The minimum absolute atomic E-state index is 0.437. The van der Waals surface area contributed by atoms with Crippen molar-refractivity contribution in [2.24, 2.45) is 0 Å². The molecule has 0 aliphatic carbocycles. The van der Waals surface area contributed by atoms with E-state index >= 15 is 0 Å². The molecule has 2 aromatic heterocycles. The lowest BCUT2D eigenvalue weighted by Crippen LogP contribution is -2.03. The van der Waals surface area contributed by atoms with Crippen LogP contribution in [0.25, 0.3) is 5.65 Å². The van der Waals surface area contributed by atoms with E-state index in [2.05, 4.69) is 10.1 Å². The Hall–Kier alpha value is -1.82. The maximum atomic E-state index is 5.66. The van der Waals surface area contributed by atoms with Crippen LogP contribution in [0.3, 0.4) is 0 Å². The summed E-state index contributed by atoms with van der Waals surface area (Å²) < 4.78 is 6.60. The molecule has 80 valence electrons. The van der Waals surface area contributed by atoms with E-state index in [1.807, 2.05) is 0 Å². The fourth-order valence-corrected chi connectivity index (χ4v) is 1.48. The number of methoxy groups -OCH3 is 1. The second kappa shape index (κ2) is 3.74. The van der Waals surface area contributed by atoms with Crippen LogP contribution < -0.4 is 11.5 Å². The Morgan fingerprint density at radius 3 is 2.93 bits per heavy atom. The van der Waals surface area contributed by atoms with Gasteiger partial charge in [0.15, 0.2) is 5.65 Å². The zero-order valence-corrected chi connectivity index (χ0v) is 8.47. The first-order valence-corrected chi connectivity index (χ1v) is 4.60. The van der Waals surface area contributed by atoms with Crippen molar-refractivity contribution < 1.29 is 4.74 Å². The van der Waals surface area contributed by atoms with Crippen molar-refractivity contribution in [1.29, 1.82) is 0 Å². The van der Waals surface area contributed by atoms with E-state index in [1.54, 1.807) is 23.9 Å². The minimum Gasteiger partial charge on any atom is -0.384 e. The number of aromatic nitrogens is 3. The zero-order chi connectivity index (χ0) is 10.8. The van der Waals surface area contributed by atoms with E-state index in [4.69, 9.17) is 16.2 Å². The lowest BCUT2D eigenvalue weighted by Gasteiger charge is -2.03. The maximum Gasteiger partial charge on any atom is 0.159 e. The number of nitrogens with two attached hydrogens (primary N) is 2. The minimum atomic E-state index is 0.437. The van der Waals surface area contributed by atoms with E-state index in [9.17, 15) is 0 Å². The van der Waals surface area contributed by atoms with Gasteiger partial charge < -0.3 is 16.2 Å². The smallest absolute Gasteiger partial charge is 0.159 e. The molecule has 2 aromatic rings. The highest BCUT2D eigenvalue weighted by atomic mass is 16.5. The summed E-state index contributed by atoms with van der Waals surface area (Å²) in [5.41, 5.74) is 13.0. The molecule has 0 spiro atoms. The summed E-state index contributed by atoms with van der Waals surface area (Å²) in [4.78, 5) is 4.17. The van der Waals surface area contributed by atoms with E-state index in [0.717, 1.165) is 17.6 Å². The molecule has 0 radical (unpaired) electrons. The summed E-state index contributed by atoms with van der Waals surface area (Å²) in [6.07, 6.45) is 2.38. The highest BCUT2D eigenvalue weighted by molar-refractivity contribution is 5.55. The number of nitrogens with zero attached hydrogens (tertiary/aromatic N) is 3. The second-order valence-corrected chi connectivity index (χ2v) is 3.27. The third-order valence-electron chi connectivity index (χ3n) is 2.11. The molecule has 0 atom stereocenters. The Balaban J connectivity index is 2.50. The summed E-state index contributed by atoms with van der Waals surface area (Å²) in [7, 11) is 1.65. The summed E-state index contributed by atoms with van der Waals surface area (Å²) in [5, 5.41) is 4.08. The van der Waals surface area contributed by atoms with Gasteiger partial charge in [-0.2, -0.15) is 0 Å². The lowest BCUT2D eigenvalue weighted by atomic mass is 10.2. The standard InChI is InChI=1S/C9H13N5O/c1-15-3-2-6-4-7(10)13-14-5-8(11)12-9(6)14/h4-5H,2-3,11H2,1H3,(H2,10,13). The van der Waals surface area contributed by atoms with Gasteiger partial charge >= 0.3 is 0 Å². The highest BCUT2D eigenvalue weighted by Crippen LogP contribution is 2.14. The predicted octanol–water partition coefficient (Wildman–Crippen LogP) is 0.0826. The van der Waals surface area contributed by atoms with Crippen LogP contribution in [0.4, 0.5) is 11.6 Å². The van der Waals surface area contributed by atoms with Crippen molar-refractivity contribution in [2.75, 3.05) is 25.2 Å². The van der Waals surface area contributed by atoms with Crippen LogP contribution >= 0.6 is 0 Å². The number of hydrogen-bond acceptors (Lipinski definition) is 5. The van der Waals surface area contributed by atoms with Gasteiger partial charge in [0.2, 0.25) is 0 Å². The third-order valence-corrected chi connectivity index (χ3v) is 2.11. The third kappa shape index (κ3) is 1.84. The van der Waals surface area contributed by atoms with Crippen molar-refractivity contribution in [1.82, 2.24) is 14.6 Å². The van der Waals surface area contributed by atoms with Gasteiger partial charge in [0.25, 0.3) is 0 Å². The monoisotopic (exact) mass is 207 g/mol. The van der Waals surface area contributed by atoms with E-state index in [-0.39, 0.29) is 0 Å². The van der Waals surface area contributed by atoms with Crippen LogP contribution in [0.5, 0.6) is 0 Å². The fraction of sp³-hybridized carbons (Fsp3) is 0.333. The summed E-state index contributed by atoms with van der Waals surface area (Å²) in [5.74, 6) is 0.887. The molecule has 0 aromatic carbocycles. The van der Waals surface area contributed by atoms with Crippen molar-refractivity contribution >= 4 is 17.3 Å². The normalized spacial score (nSPS) is 11.0. The molecule has 0 unspecified atom stereocenters. The lowest BCUT2D eigenvalue weighted by molar-refractivity contribution is 0.202. The molecular formula is C9H13N5O. The van der Waals surface area contributed by atoms with Crippen LogP contribution in [-0.4, -0.2) is 28.3 Å². The number of fused-ring (bicyclic) bond motifs is 1. The van der Waals surface area contributed by atoms with Gasteiger partial charge in [-0.05, 0) is 12.5 Å². The van der Waals surface area contributed by atoms with E-state index in [0.29, 0.717) is 18.2 Å². The molecule has 0 aliphatic rings. The van der Waals surface area contributed by atoms with Gasteiger partial charge in [-0.25, -0.2) is 9.50 Å². The number of ether oxygens (including phenoxy) is 1. The number of rotatable bonds is 3. The maximum absolute atomic E-state index is 5.66. The van der Waals surface area contributed by atoms with Crippen LogP contribution in [0, 0.1) is 0 Å². The summed E-state index contributed by atoms with van der Waals surface area (Å²) in [6, 6.07) is 1.79. The molecule has 2 rings (SSSR count). The number of hydrogen-bond donors (Lipinski definition) is 2. The van der Waals surface area contributed by atoms with Crippen molar-refractivity contribution in [2.45, 2.75) is 6.42 Å². The Labute approximate surface area is 86.8 Å². The van der Waals surface area contributed by atoms with Crippen molar-refractivity contribution in [3.05, 3.63) is 17.8 Å². The molecule has 15 heavy (non-hydrogen) atoms. The number of nitrogen functional groups attached to an aromatic ring is 2. The van der Waals surface area contributed by atoms with Gasteiger partial charge in [0.1, 0.15) is 11.6 Å². The molecule has 0 bridgehead atoms. The molecule has 0 aliphatic heterocycles. The van der Waals surface area contributed by atoms with E-state index < -0.39 is 0 Å². The molecule has 0 amide bonds. The first-order valence-electron chi connectivity index (χ1n) is 4.60. The fourth-order valence-electron chi connectivity index (χ4n) is 1.48. The van der Waals surface area contributed by atoms with Gasteiger partial charge in [-0.3, -0.25) is 0 Å². The molecule has 6 heteroatoms. The predicted molar refractivity (Wildman–Crippen MR) is 57.4 cm³/mol. The van der Waals surface area contributed by atoms with Crippen LogP contribution in [0.2, 0.25) is 0 Å². The van der Waals surface area contributed by atoms with Gasteiger partial charge in [-0.15, -0.1) is 5.10 Å². The summed E-state index contributed by atoms with van der Waals surface area (Å²) in [6.45, 7) is 0.617. The van der Waals surface area contributed by atoms with Crippen LogP contribution in [0.15, 0.2) is 12.3 Å². The van der Waals surface area contributed by atoms with Gasteiger partial charge in [-0.1, -0.05) is 0 Å². The second-order valence-electron chi connectivity index (χ2n) is 3.27. The molecule has 0 saturated carbocycles. The number of anilines is 2. The summed E-state index contributed by atoms with van der Waals surface area (Å²) >= 11 is 0. The molecule has 4 N–H and O–H groups in total. The van der Waals surface area contributed by atoms with Crippen molar-refractivity contribution in [3.63, 3.8) is 0 Å². The molecule has 0 fully saturated rings. The molecule has 0 saturated heterocycles. The highest BCUT2D eigenvalue weighted by Gasteiger charge is 2.07. The number of imidazole rings is 1. The van der Waals surface area contributed by atoms with Crippen LogP contribution in [0.1, 0.15) is 5.56 Å². The first kappa shape index (κ1) is 9.72. The Morgan fingerprint density at radius 2 is 2.20 bits per heavy atom. The Kier molecular flexibility index (Phi) is 2.42. The molecule has 2 heterocycles. The Morgan fingerprint density at radius 1 is 1.40 bits per heavy atom. The van der Waals surface area contributed by atoms with Gasteiger partial charge in [0.05, 0.1) is 12.8 Å².